The summed E-state index contributed by atoms with van der Waals surface area (Å²) in [7, 11) is 0. The SMILES string of the molecule is CSCCCCCCNCc1cc[nH]c1. The summed E-state index contributed by atoms with van der Waals surface area (Å²) in [6.45, 7) is 2.14. The van der Waals surface area contributed by atoms with E-state index < -0.39 is 0 Å². The number of unbranched alkanes of at least 4 members (excludes halogenated alkanes) is 3. The highest BCUT2D eigenvalue weighted by molar-refractivity contribution is 7.98. The van der Waals surface area contributed by atoms with Gasteiger partial charge < -0.3 is 10.3 Å². The van der Waals surface area contributed by atoms with E-state index in [2.05, 4.69) is 22.6 Å². The molecule has 0 radical (unpaired) electrons. The van der Waals surface area contributed by atoms with Gasteiger partial charge in [-0.15, -0.1) is 0 Å². The number of aromatic amines is 1. The van der Waals surface area contributed by atoms with E-state index in [9.17, 15) is 0 Å². The van der Waals surface area contributed by atoms with Gasteiger partial charge in [0.05, 0.1) is 0 Å². The number of rotatable bonds is 9. The molecule has 0 atom stereocenters. The second-order valence-electron chi connectivity index (χ2n) is 3.80. The quantitative estimate of drug-likeness (QED) is 0.633. The van der Waals surface area contributed by atoms with Crippen LogP contribution in [0.5, 0.6) is 0 Å². The molecule has 0 aliphatic carbocycles. The monoisotopic (exact) mass is 226 g/mol. The van der Waals surface area contributed by atoms with E-state index in [0.717, 1.165) is 13.1 Å². The van der Waals surface area contributed by atoms with Crippen molar-refractivity contribution in [3.8, 4) is 0 Å². The first kappa shape index (κ1) is 12.7. The number of hydrogen-bond donors (Lipinski definition) is 2. The van der Waals surface area contributed by atoms with Crippen LogP contribution >= 0.6 is 11.8 Å². The fourth-order valence-corrected chi connectivity index (χ4v) is 2.04. The molecule has 3 heteroatoms. The van der Waals surface area contributed by atoms with E-state index in [4.69, 9.17) is 0 Å². The number of aromatic nitrogens is 1. The summed E-state index contributed by atoms with van der Waals surface area (Å²) in [5.74, 6) is 1.32. The zero-order valence-electron chi connectivity index (χ0n) is 9.59. The number of thioether (sulfide) groups is 1. The maximum absolute atomic E-state index is 3.45. The molecule has 1 aromatic rings. The van der Waals surface area contributed by atoms with Crippen molar-refractivity contribution < 1.29 is 0 Å². The Morgan fingerprint density at radius 1 is 1.27 bits per heavy atom. The molecule has 0 saturated carbocycles. The molecule has 15 heavy (non-hydrogen) atoms. The van der Waals surface area contributed by atoms with Crippen LogP contribution in [0.2, 0.25) is 0 Å². The number of H-pyrrole nitrogens is 1. The maximum Gasteiger partial charge on any atom is 0.0220 e. The van der Waals surface area contributed by atoms with E-state index >= 15 is 0 Å². The lowest BCUT2D eigenvalue weighted by Gasteiger charge is -2.03. The van der Waals surface area contributed by atoms with E-state index in [1.807, 2.05) is 24.2 Å². The summed E-state index contributed by atoms with van der Waals surface area (Å²) in [6.07, 6.45) is 11.6. The van der Waals surface area contributed by atoms with Crippen LogP contribution < -0.4 is 5.32 Å². The second kappa shape index (κ2) is 8.86. The Bertz CT molecular complexity index is 222. The molecule has 0 bridgehead atoms. The van der Waals surface area contributed by atoms with Crippen LogP contribution in [0, 0.1) is 0 Å². The summed E-state index contributed by atoms with van der Waals surface area (Å²) >= 11 is 1.95. The lowest BCUT2D eigenvalue weighted by Crippen LogP contribution is -2.14. The topological polar surface area (TPSA) is 27.8 Å². The Morgan fingerprint density at radius 2 is 2.13 bits per heavy atom. The highest BCUT2D eigenvalue weighted by Gasteiger charge is 1.92. The van der Waals surface area contributed by atoms with Crippen LogP contribution in [-0.4, -0.2) is 23.5 Å². The molecule has 2 nitrogen and oxygen atoms in total. The minimum Gasteiger partial charge on any atom is -0.367 e. The Hall–Kier alpha value is -0.410. The van der Waals surface area contributed by atoms with Gasteiger partial charge >= 0.3 is 0 Å². The molecule has 86 valence electrons. The number of hydrogen-bond acceptors (Lipinski definition) is 2. The minimum absolute atomic E-state index is 0.994. The van der Waals surface area contributed by atoms with Gasteiger partial charge in [0.25, 0.3) is 0 Å². The molecular formula is C12H22N2S. The third-order valence-corrected chi connectivity index (χ3v) is 3.14. The molecule has 0 unspecified atom stereocenters. The van der Waals surface area contributed by atoms with Crippen molar-refractivity contribution in [1.29, 1.82) is 0 Å². The van der Waals surface area contributed by atoms with Gasteiger partial charge in [-0.05, 0) is 43.0 Å². The Morgan fingerprint density at radius 3 is 2.87 bits per heavy atom. The molecule has 0 aliphatic rings. The van der Waals surface area contributed by atoms with Crippen molar-refractivity contribution in [2.75, 3.05) is 18.6 Å². The van der Waals surface area contributed by atoms with Crippen LogP contribution in [-0.2, 0) is 6.54 Å². The van der Waals surface area contributed by atoms with Crippen molar-refractivity contribution in [1.82, 2.24) is 10.3 Å². The smallest absolute Gasteiger partial charge is 0.0220 e. The molecule has 1 heterocycles. The van der Waals surface area contributed by atoms with Crippen LogP contribution in [0.15, 0.2) is 18.5 Å². The van der Waals surface area contributed by atoms with Gasteiger partial charge in [0.2, 0.25) is 0 Å². The molecule has 0 saturated heterocycles. The Balaban J connectivity index is 1.81. The van der Waals surface area contributed by atoms with Crippen LogP contribution in [0.1, 0.15) is 31.2 Å². The first-order chi connectivity index (χ1) is 7.43. The van der Waals surface area contributed by atoms with Crippen molar-refractivity contribution in [3.63, 3.8) is 0 Å². The molecule has 0 aliphatic heterocycles. The van der Waals surface area contributed by atoms with Crippen LogP contribution in [0.3, 0.4) is 0 Å². The van der Waals surface area contributed by atoms with E-state index in [-0.39, 0.29) is 0 Å². The third-order valence-electron chi connectivity index (χ3n) is 2.44. The summed E-state index contributed by atoms with van der Waals surface area (Å²) in [4.78, 5) is 3.06. The summed E-state index contributed by atoms with van der Waals surface area (Å²) in [5, 5.41) is 3.45. The van der Waals surface area contributed by atoms with Crippen LogP contribution in [0.4, 0.5) is 0 Å². The Kier molecular flexibility index (Phi) is 7.48. The van der Waals surface area contributed by atoms with Crippen molar-refractivity contribution in [2.24, 2.45) is 0 Å². The average molecular weight is 226 g/mol. The summed E-state index contributed by atoms with van der Waals surface area (Å²) in [6, 6.07) is 2.12. The van der Waals surface area contributed by atoms with Gasteiger partial charge in [-0.1, -0.05) is 12.8 Å². The predicted molar refractivity (Wildman–Crippen MR) is 69.3 cm³/mol. The zero-order chi connectivity index (χ0) is 10.8. The summed E-state index contributed by atoms with van der Waals surface area (Å²) in [5.41, 5.74) is 1.34. The number of nitrogens with one attached hydrogen (secondary N) is 2. The lowest BCUT2D eigenvalue weighted by molar-refractivity contribution is 0.600. The van der Waals surface area contributed by atoms with Gasteiger partial charge in [-0.3, -0.25) is 0 Å². The second-order valence-corrected chi connectivity index (χ2v) is 4.79. The highest BCUT2D eigenvalue weighted by atomic mass is 32.2. The minimum atomic E-state index is 0.994. The maximum atomic E-state index is 3.45. The van der Waals surface area contributed by atoms with E-state index in [1.54, 1.807) is 0 Å². The van der Waals surface area contributed by atoms with Gasteiger partial charge in [0.1, 0.15) is 0 Å². The predicted octanol–water partition coefficient (Wildman–Crippen LogP) is 3.03. The van der Waals surface area contributed by atoms with E-state index in [1.165, 1.54) is 37.0 Å². The fraction of sp³-hybridized carbons (Fsp3) is 0.667. The van der Waals surface area contributed by atoms with Gasteiger partial charge in [-0.2, -0.15) is 11.8 Å². The molecule has 0 amide bonds. The standard InChI is InChI=1S/C12H22N2S/c1-15-9-5-3-2-4-7-13-10-12-6-8-14-11-12/h6,8,11,13-14H,2-5,7,9-10H2,1H3. The highest BCUT2D eigenvalue weighted by Crippen LogP contribution is 2.04. The van der Waals surface area contributed by atoms with Crippen LogP contribution in [0.25, 0.3) is 0 Å². The van der Waals surface area contributed by atoms with Gasteiger partial charge in [0, 0.05) is 18.9 Å². The van der Waals surface area contributed by atoms with Crippen molar-refractivity contribution in [3.05, 3.63) is 24.0 Å². The first-order valence-corrected chi connectivity index (χ1v) is 7.14. The average Bonchev–Trinajstić information content (AvgIpc) is 2.75. The fourth-order valence-electron chi connectivity index (χ4n) is 1.55. The molecule has 0 spiro atoms. The lowest BCUT2D eigenvalue weighted by atomic mass is 10.2. The summed E-state index contributed by atoms with van der Waals surface area (Å²) < 4.78 is 0. The normalized spacial score (nSPS) is 10.7. The van der Waals surface area contributed by atoms with Crippen molar-refractivity contribution >= 4 is 11.8 Å². The van der Waals surface area contributed by atoms with E-state index in [0.29, 0.717) is 0 Å². The van der Waals surface area contributed by atoms with Gasteiger partial charge in [-0.25, -0.2) is 0 Å². The molecule has 0 fully saturated rings. The molecule has 1 aromatic heterocycles. The largest absolute Gasteiger partial charge is 0.367 e. The Labute approximate surface area is 97.2 Å². The molecular weight excluding hydrogens is 204 g/mol. The van der Waals surface area contributed by atoms with Crippen molar-refractivity contribution in [2.45, 2.75) is 32.2 Å². The first-order valence-electron chi connectivity index (χ1n) is 5.75. The zero-order valence-corrected chi connectivity index (χ0v) is 10.4. The van der Waals surface area contributed by atoms with Gasteiger partial charge in [0.15, 0.2) is 0 Å². The third kappa shape index (κ3) is 6.63. The molecule has 1 rings (SSSR count). The molecule has 0 aromatic carbocycles. The molecule has 2 N–H and O–H groups in total.